The third-order valence-electron chi connectivity index (χ3n) is 3.60. The highest BCUT2D eigenvalue weighted by atomic mass is 16.2. The molecule has 0 saturated carbocycles. The minimum atomic E-state index is -0.482. The Morgan fingerprint density at radius 2 is 2.21 bits per heavy atom. The van der Waals surface area contributed by atoms with E-state index in [1.54, 1.807) is 0 Å². The number of Topliss-reactive ketones (excluding diaryl/α,β-unsaturated/α-hetero) is 1. The lowest BCUT2D eigenvalue weighted by Crippen LogP contribution is -2.42. The first-order chi connectivity index (χ1) is 8.99. The monoisotopic (exact) mass is 265 g/mol. The summed E-state index contributed by atoms with van der Waals surface area (Å²) in [4.78, 5) is 39.8. The number of carbonyl (C=O) groups is 1. The molecule has 1 fully saturated rings. The molecular formula is C13H19N3O3. The molecule has 1 aromatic rings. The highest BCUT2D eigenvalue weighted by Crippen LogP contribution is 2.15. The number of nitrogens with one attached hydrogen (secondary N) is 1. The normalized spacial score (nSPS) is 20.4. The van der Waals surface area contributed by atoms with E-state index in [4.69, 9.17) is 0 Å². The van der Waals surface area contributed by atoms with E-state index in [0.29, 0.717) is 6.54 Å². The van der Waals surface area contributed by atoms with Gasteiger partial charge in [0.25, 0.3) is 5.56 Å². The van der Waals surface area contributed by atoms with Crippen molar-refractivity contribution in [2.45, 2.75) is 26.3 Å². The topological polar surface area (TPSA) is 75.2 Å². The average molecular weight is 265 g/mol. The van der Waals surface area contributed by atoms with E-state index >= 15 is 0 Å². The largest absolute Gasteiger partial charge is 0.328 e. The molecule has 0 bridgehead atoms. The first-order valence-corrected chi connectivity index (χ1v) is 6.51. The third kappa shape index (κ3) is 3.01. The zero-order valence-corrected chi connectivity index (χ0v) is 11.3. The Balaban J connectivity index is 2.29. The van der Waals surface area contributed by atoms with E-state index in [1.807, 2.05) is 7.05 Å². The van der Waals surface area contributed by atoms with Crippen LogP contribution in [0.1, 0.15) is 30.1 Å². The molecule has 1 aliphatic rings. The van der Waals surface area contributed by atoms with Crippen molar-refractivity contribution in [1.29, 1.82) is 0 Å². The molecule has 19 heavy (non-hydrogen) atoms. The lowest BCUT2D eigenvalue weighted by Gasteiger charge is -2.29. The Hall–Kier alpha value is -1.69. The number of aromatic amines is 1. The second-order valence-electron chi connectivity index (χ2n) is 5.25. The second-order valence-corrected chi connectivity index (χ2v) is 5.25. The van der Waals surface area contributed by atoms with Crippen molar-refractivity contribution >= 4 is 5.78 Å². The molecular weight excluding hydrogens is 246 g/mol. The number of likely N-dealkylation sites (tertiary alicyclic amines) is 1. The minimum Gasteiger partial charge on any atom is -0.313 e. The maximum absolute atomic E-state index is 12.1. The van der Waals surface area contributed by atoms with Gasteiger partial charge in [-0.25, -0.2) is 4.79 Å². The first kappa shape index (κ1) is 13.7. The van der Waals surface area contributed by atoms with Crippen LogP contribution in [-0.2, 0) is 6.54 Å². The van der Waals surface area contributed by atoms with Gasteiger partial charge < -0.3 is 9.88 Å². The number of piperidine rings is 1. The van der Waals surface area contributed by atoms with Crippen LogP contribution in [0, 0.1) is 5.92 Å². The number of nitrogens with zero attached hydrogens (tertiary/aromatic N) is 2. The molecule has 0 radical (unpaired) electrons. The van der Waals surface area contributed by atoms with Crippen molar-refractivity contribution in [2.75, 3.05) is 20.1 Å². The van der Waals surface area contributed by atoms with E-state index in [1.165, 1.54) is 13.1 Å². The van der Waals surface area contributed by atoms with Crippen LogP contribution in [0.3, 0.4) is 0 Å². The molecule has 6 heteroatoms. The number of carbonyl (C=O) groups excluding carboxylic acids is 1. The van der Waals surface area contributed by atoms with Crippen LogP contribution in [-0.4, -0.2) is 40.4 Å². The molecule has 1 N–H and O–H groups in total. The predicted molar refractivity (Wildman–Crippen MR) is 71.5 cm³/mol. The molecule has 1 atom stereocenters. The Morgan fingerprint density at radius 3 is 2.84 bits per heavy atom. The van der Waals surface area contributed by atoms with Gasteiger partial charge in [0.2, 0.25) is 0 Å². The summed E-state index contributed by atoms with van der Waals surface area (Å²) in [5.41, 5.74) is -0.878. The van der Waals surface area contributed by atoms with E-state index in [2.05, 4.69) is 9.88 Å². The summed E-state index contributed by atoms with van der Waals surface area (Å²) in [6, 6.07) is 0. The van der Waals surface area contributed by atoms with Crippen LogP contribution in [0.15, 0.2) is 15.8 Å². The average Bonchev–Trinajstić information content (AvgIpc) is 2.34. The maximum Gasteiger partial charge on any atom is 0.328 e. The summed E-state index contributed by atoms with van der Waals surface area (Å²) in [6.07, 6.45) is 3.28. The third-order valence-corrected chi connectivity index (χ3v) is 3.60. The van der Waals surface area contributed by atoms with Gasteiger partial charge in [0.1, 0.15) is 0 Å². The van der Waals surface area contributed by atoms with Gasteiger partial charge in [-0.2, -0.15) is 0 Å². The van der Waals surface area contributed by atoms with Gasteiger partial charge in [0.05, 0.1) is 5.56 Å². The molecule has 1 aromatic heterocycles. The van der Waals surface area contributed by atoms with Gasteiger partial charge in [0, 0.05) is 19.3 Å². The summed E-state index contributed by atoms with van der Waals surface area (Å²) in [6.45, 7) is 3.62. The number of hydrogen-bond donors (Lipinski definition) is 1. The molecule has 1 unspecified atom stereocenters. The molecule has 104 valence electrons. The van der Waals surface area contributed by atoms with Crippen molar-refractivity contribution in [3.8, 4) is 0 Å². The number of H-pyrrole nitrogens is 1. The fourth-order valence-corrected chi connectivity index (χ4v) is 2.61. The van der Waals surface area contributed by atoms with Crippen molar-refractivity contribution in [3.63, 3.8) is 0 Å². The second kappa shape index (κ2) is 5.52. The Morgan fingerprint density at radius 1 is 1.47 bits per heavy atom. The summed E-state index contributed by atoms with van der Waals surface area (Å²) in [5.74, 6) is -0.0458. The van der Waals surface area contributed by atoms with Gasteiger partial charge >= 0.3 is 5.69 Å². The van der Waals surface area contributed by atoms with Crippen molar-refractivity contribution < 1.29 is 4.79 Å². The molecule has 0 spiro atoms. The Labute approximate surface area is 111 Å². The van der Waals surface area contributed by atoms with Crippen LogP contribution in [0.2, 0.25) is 0 Å². The molecule has 0 amide bonds. The summed E-state index contributed by atoms with van der Waals surface area (Å²) < 4.78 is 1.15. The zero-order chi connectivity index (χ0) is 14.0. The van der Waals surface area contributed by atoms with Crippen LogP contribution in [0.25, 0.3) is 0 Å². The number of ketones is 1. The minimum absolute atomic E-state index is 0.0452. The molecule has 0 aromatic carbocycles. The van der Waals surface area contributed by atoms with Crippen LogP contribution in [0.5, 0.6) is 0 Å². The van der Waals surface area contributed by atoms with Crippen molar-refractivity contribution in [3.05, 3.63) is 32.6 Å². The molecule has 1 saturated heterocycles. The van der Waals surface area contributed by atoms with Gasteiger partial charge in [-0.1, -0.05) is 0 Å². The maximum atomic E-state index is 12.1. The lowest BCUT2D eigenvalue weighted by molar-refractivity contribution is 0.101. The van der Waals surface area contributed by atoms with Crippen molar-refractivity contribution in [2.24, 2.45) is 5.92 Å². The number of aromatic nitrogens is 2. The van der Waals surface area contributed by atoms with Crippen LogP contribution in [0.4, 0.5) is 0 Å². The van der Waals surface area contributed by atoms with Gasteiger partial charge in [-0.15, -0.1) is 0 Å². The Kier molecular flexibility index (Phi) is 3.99. The molecule has 2 heterocycles. The summed E-state index contributed by atoms with van der Waals surface area (Å²) in [7, 11) is 2.03. The molecule has 1 aliphatic heterocycles. The van der Waals surface area contributed by atoms with Gasteiger partial charge in [-0.3, -0.25) is 14.2 Å². The first-order valence-electron chi connectivity index (χ1n) is 6.51. The smallest absolute Gasteiger partial charge is 0.313 e. The number of rotatable bonds is 3. The zero-order valence-electron chi connectivity index (χ0n) is 11.3. The lowest BCUT2D eigenvalue weighted by atomic mass is 9.98. The van der Waals surface area contributed by atoms with E-state index in [9.17, 15) is 14.4 Å². The SMILES string of the molecule is CC(=O)c1c[nH]c(=O)n(CC2CCCN(C)C2)c1=O. The fourth-order valence-electron chi connectivity index (χ4n) is 2.61. The molecule has 6 nitrogen and oxygen atoms in total. The highest BCUT2D eigenvalue weighted by Gasteiger charge is 2.20. The quantitative estimate of drug-likeness (QED) is 0.785. The van der Waals surface area contributed by atoms with E-state index < -0.39 is 11.2 Å². The summed E-state index contributed by atoms with van der Waals surface area (Å²) >= 11 is 0. The van der Waals surface area contributed by atoms with Gasteiger partial charge in [0.15, 0.2) is 5.78 Å². The van der Waals surface area contributed by atoms with Crippen molar-refractivity contribution in [1.82, 2.24) is 14.5 Å². The van der Waals surface area contributed by atoms with Crippen LogP contribution < -0.4 is 11.2 Å². The number of hydrogen-bond acceptors (Lipinski definition) is 4. The van der Waals surface area contributed by atoms with Crippen LogP contribution >= 0.6 is 0 Å². The standard InChI is InChI=1S/C13H19N3O3/c1-9(17)11-6-14-13(19)16(12(11)18)8-10-4-3-5-15(2)7-10/h6,10H,3-5,7-8H2,1-2H3,(H,14,19). The summed E-state index contributed by atoms with van der Waals surface area (Å²) in [5, 5.41) is 0. The molecule has 0 aliphatic carbocycles. The predicted octanol–water partition coefficient (Wildman–Crippen LogP) is 0.0810. The Bertz CT molecular complexity index is 588. The molecule has 2 rings (SSSR count). The fraction of sp³-hybridized carbons (Fsp3) is 0.615. The van der Waals surface area contributed by atoms with E-state index in [0.717, 1.165) is 30.5 Å². The van der Waals surface area contributed by atoms with E-state index in [-0.39, 0.29) is 17.3 Å². The van der Waals surface area contributed by atoms with Gasteiger partial charge in [-0.05, 0) is 39.3 Å². The highest BCUT2D eigenvalue weighted by molar-refractivity contribution is 5.93.